The maximum absolute atomic E-state index is 10.3. The number of methoxy groups -OCH3 is 1. The smallest absolute Gasteiger partial charge is 0.118 e. The van der Waals surface area contributed by atoms with Crippen LogP contribution >= 0.6 is 0 Å². The van der Waals surface area contributed by atoms with E-state index < -0.39 is 0 Å². The number of hydrogen-bond acceptors (Lipinski definition) is 3. The second kappa shape index (κ2) is 7.09. The molecule has 1 aromatic rings. The lowest BCUT2D eigenvalue weighted by molar-refractivity contribution is 0.0105. The monoisotopic (exact) mass is 277 g/mol. The molecule has 0 saturated heterocycles. The predicted octanol–water partition coefficient (Wildman–Crippen LogP) is 3.07. The summed E-state index contributed by atoms with van der Waals surface area (Å²) >= 11 is 0. The van der Waals surface area contributed by atoms with Crippen LogP contribution in [0, 0.1) is 5.92 Å². The first-order valence-corrected chi connectivity index (χ1v) is 7.65. The summed E-state index contributed by atoms with van der Waals surface area (Å²) in [6, 6.07) is 8.48. The van der Waals surface area contributed by atoms with Gasteiger partial charge in [-0.2, -0.15) is 0 Å². The van der Waals surface area contributed by atoms with Crippen molar-refractivity contribution in [3.05, 3.63) is 29.8 Å². The van der Waals surface area contributed by atoms with Gasteiger partial charge in [0.1, 0.15) is 5.75 Å². The van der Waals surface area contributed by atoms with Crippen molar-refractivity contribution in [3.63, 3.8) is 0 Å². The predicted molar refractivity (Wildman–Crippen MR) is 81.9 cm³/mol. The first kappa shape index (κ1) is 15.3. The first-order chi connectivity index (χ1) is 9.63. The molecule has 0 heterocycles. The maximum Gasteiger partial charge on any atom is 0.118 e. The Labute approximate surface area is 122 Å². The normalized spacial score (nSPS) is 26.8. The van der Waals surface area contributed by atoms with E-state index in [2.05, 4.69) is 31.0 Å². The standard InChI is InChI=1S/C17H27NO2/c1-4-13-7-10-17(19)16(11-13)18(2)12-14-5-8-15(20-3)9-6-14/h5-6,8-9,13,16-17,19H,4,7,10-12H2,1-3H3. The van der Waals surface area contributed by atoms with E-state index in [0.717, 1.165) is 31.1 Å². The van der Waals surface area contributed by atoms with Crippen molar-refractivity contribution in [2.45, 2.75) is 51.3 Å². The first-order valence-electron chi connectivity index (χ1n) is 7.65. The molecule has 0 radical (unpaired) electrons. The zero-order valence-electron chi connectivity index (χ0n) is 12.9. The number of aliphatic hydroxyl groups is 1. The van der Waals surface area contributed by atoms with Crippen LogP contribution in [0.15, 0.2) is 24.3 Å². The molecule has 0 bridgehead atoms. The molecule has 0 spiro atoms. The Morgan fingerprint density at radius 3 is 2.55 bits per heavy atom. The summed E-state index contributed by atoms with van der Waals surface area (Å²) in [6.07, 6.45) is 4.27. The summed E-state index contributed by atoms with van der Waals surface area (Å²) in [4.78, 5) is 2.30. The van der Waals surface area contributed by atoms with Crippen molar-refractivity contribution in [3.8, 4) is 5.75 Å². The zero-order valence-corrected chi connectivity index (χ0v) is 12.9. The van der Waals surface area contributed by atoms with Crippen LogP contribution in [-0.4, -0.2) is 36.3 Å². The Hall–Kier alpha value is -1.06. The molecular weight excluding hydrogens is 250 g/mol. The molecule has 1 aromatic carbocycles. The maximum atomic E-state index is 10.3. The third kappa shape index (κ3) is 3.74. The number of benzene rings is 1. The molecule has 2 rings (SSSR count). The minimum Gasteiger partial charge on any atom is -0.497 e. The SMILES string of the molecule is CCC1CCC(O)C(N(C)Cc2ccc(OC)cc2)C1. The van der Waals surface area contributed by atoms with E-state index in [4.69, 9.17) is 4.74 Å². The summed E-state index contributed by atoms with van der Waals surface area (Å²) in [6.45, 7) is 3.13. The largest absolute Gasteiger partial charge is 0.497 e. The molecule has 3 heteroatoms. The highest BCUT2D eigenvalue weighted by molar-refractivity contribution is 5.27. The van der Waals surface area contributed by atoms with E-state index in [1.165, 1.54) is 18.4 Å². The average Bonchev–Trinajstić information content (AvgIpc) is 2.48. The molecule has 0 aliphatic heterocycles. The topological polar surface area (TPSA) is 32.7 Å². The lowest BCUT2D eigenvalue weighted by atomic mass is 9.81. The fraction of sp³-hybridized carbons (Fsp3) is 0.647. The quantitative estimate of drug-likeness (QED) is 0.898. The van der Waals surface area contributed by atoms with Gasteiger partial charge in [-0.05, 0) is 49.9 Å². The Kier molecular flexibility index (Phi) is 5.44. The minimum absolute atomic E-state index is 0.180. The van der Waals surface area contributed by atoms with Crippen molar-refractivity contribution in [2.24, 2.45) is 5.92 Å². The summed E-state index contributed by atoms with van der Waals surface area (Å²) in [5, 5.41) is 10.3. The van der Waals surface area contributed by atoms with Gasteiger partial charge in [0, 0.05) is 12.6 Å². The van der Waals surface area contributed by atoms with E-state index in [-0.39, 0.29) is 12.1 Å². The van der Waals surface area contributed by atoms with Gasteiger partial charge in [-0.15, -0.1) is 0 Å². The van der Waals surface area contributed by atoms with Gasteiger partial charge in [-0.1, -0.05) is 25.5 Å². The van der Waals surface area contributed by atoms with Gasteiger partial charge in [0.25, 0.3) is 0 Å². The molecule has 3 unspecified atom stereocenters. The molecule has 1 N–H and O–H groups in total. The molecule has 0 amide bonds. The van der Waals surface area contributed by atoms with E-state index >= 15 is 0 Å². The van der Waals surface area contributed by atoms with Crippen molar-refractivity contribution >= 4 is 0 Å². The summed E-state index contributed by atoms with van der Waals surface area (Å²) in [7, 11) is 3.81. The second-order valence-corrected chi connectivity index (χ2v) is 5.99. The molecule has 0 aromatic heterocycles. The number of ether oxygens (including phenoxy) is 1. The fourth-order valence-corrected chi connectivity index (χ4v) is 3.20. The van der Waals surface area contributed by atoms with E-state index in [1.54, 1.807) is 7.11 Å². The van der Waals surface area contributed by atoms with Crippen LogP contribution in [0.3, 0.4) is 0 Å². The number of aliphatic hydroxyl groups excluding tert-OH is 1. The molecule has 3 nitrogen and oxygen atoms in total. The molecular formula is C17H27NO2. The minimum atomic E-state index is -0.180. The lowest BCUT2D eigenvalue weighted by Crippen LogP contribution is -2.45. The highest BCUT2D eigenvalue weighted by Gasteiger charge is 2.30. The number of hydrogen-bond donors (Lipinski definition) is 1. The molecule has 1 aliphatic carbocycles. The van der Waals surface area contributed by atoms with Crippen LogP contribution in [0.4, 0.5) is 0 Å². The van der Waals surface area contributed by atoms with Crippen LogP contribution < -0.4 is 4.74 Å². The van der Waals surface area contributed by atoms with Gasteiger partial charge < -0.3 is 9.84 Å². The molecule has 20 heavy (non-hydrogen) atoms. The van der Waals surface area contributed by atoms with Crippen LogP contribution in [0.1, 0.15) is 38.2 Å². The third-order valence-corrected chi connectivity index (χ3v) is 4.62. The Morgan fingerprint density at radius 2 is 1.95 bits per heavy atom. The second-order valence-electron chi connectivity index (χ2n) is 5.99. The molecule has 112 valence electrons. The van der Waals surface area contributed by atoms with Crippen LogP contribution in [0.2, 0.25) is 0 Å². The van der Waals surface area contributed by atoms with E-state index in [9.17, 15) is 5.11 Å². The highest BCUT2D eigenvalue weighted by Crippen LogP contribution is 2.30. The van der Waals surface area contributed by atoms with Gasteiger partial charge >= 0.3 is 0 Å². The van der Waals surface area contributed by atoms with Gasteiger partial charge in [-0.25, -0.2) is 0 Å². The van der Waals surface area contributed by atoms with Crippen molar-refractivity contribution in [2.75, 3.05) is 14.2 Å². The summed E-state index contributed by atoms with van der Waals surface area (Å²) in [5.74, 6) is 1.65. The fourth-order valence-electron chi connectivity index (χ4n) is 3.20. The van der Waals surface area contributed by atoms with Crippen LogP contribution in [0.5, 0.6) is 5.75 Å². The van der Waals surface area contributed by atoms with E-state index in [0.29, 0.717) is 0 Å². The Bertz CT molecular complexity index is 404. The summed E-state index contributed by atoms with van der Waals surface area (Å²) in [5.41, 5.74) is 1.26. The number of likely N-dealkylation sites (N-methyl/N-ethyl adjacent to an activating group) is 1. The number of rotatable bonds is 5. The molecule has 1 saturated carbocycles. The molecule has 1 aliphatic rings. The average molecular weight is 277 g/mol. The van der Waals surface area contributed by atoms with Crippen LogP contribution in [0.25, 0.3) is 0 Å². The zero-order chi connectivity index (χ0) is 14.5. The van der Waals surface area contributed by atoms with E-state index in [1.807, 2.05) is 12.1 Å². The van der Waals surface area contributed by atoms with Gasteiger partial charge in [0.15, 0.2) is 0 Å². The van der Waals surface area contributed by atoms with Gasteiger partial charge in [0.05, 0.1) is 13.2 Å². The molecule has 1 fully saturated rings. The van der Waals surface area contributed by atoms with Crippen molar-refractivity contribution < 1.29 is 9.84 Å². The summed E-state index contributed by atoms with van der Waals surface area (Å²) < 4.78 is 5.18. The Balaban J connectivity index is 1.96. The van der Waals surface area contributed by atoms with Gasteiger partial charge in [0.2, 0.25) is 0 Å². The van der Waals surface area contributed by atoms with Crippen LogP contribution in [-0.2, 0) is 6.54 Å². The van der Waals surface area contributed by atoms with Crippen molar-refractivity contribution in [1.82, 2.24) is 4.90 Å². The highest BCUT2D eigenvalue weighted by atomic mass is 16.5. The third-order valence-electron chi connectivity index (χ3n) is 4.62. The molecule has 3 atom stereocenters. The number of nitrogens with zero attached hydrogens (tertiary/aromatic N) is 1. The van der Waals surface area contributed by atoms with Gasteiger partial charge in [-0.3, -0.25) is 4.90 Å². The Morgan fingerprint density at radius 1 is 1.25 bits per heavy atom. The lowest BCUT2D eigenvalue weighted by Gasteiger charge is -2.38. The van der Waals surface area contributed by atoms with Crippen molar-refractivity contribution in [1.29, 1.82) is 0 Å².